The number of hydrogen-bond donors (Lipinski definition) is 0. The van der Waals surface area contributed by atoms with Crippen LogP contribution in [0.25, 0.3) is 21.8 Å². The fraction of sp³-hybridized carbons (Fsp3) is 0.421. The summed E-state index contributed by atoms with van der Waals surface area (Å²) in [4.78, 5) is 73.9. The van der Waals surface area contributed by atoms with Crippen molar-refractivity contribution in [3.05, 3.63) is 60.9 Å². The molecule has 6 rings (SSSR count). The van der Waals surface area contributed by atoms with E-state index in [1.54, 1.807) is 21.5 Å². The number of aromatic nitrogens is 2. The molecular formula is C38H40N2O14S2. The number of ether oxygens (including phenoxy) is 8. The average molecular weight is 813 g/mol. The number of hydrogen-bond acceptors (Lipinski definition) is 16. The molecule has 2 saturated heterocycles. The molecular weight excluding hydrogens is 773 g/mol. The normalized spacial score (nSPS) is 24.9. The lowest BCUT2D eigenvalue weighted by molar-refractivity contribution is -0.239. The topological polar surface area (TPSA) is 186 Å². The molecule has 298 valence electrons. The van der Waals surface area contributed by atoms with Crippen molar-refractivity contribution in [1.29, 1.82) is 0 Å². The summed E-state index contributed by atoms with van der Waals surface area (Å²) in [5, 5.41) is 1.74. The number of carbonyl (C=O) groups excluding carboxylic acids is 6. The summed E-state index contributed by atoms with van der Waals surface area (Å²) in [6.45, 7) is 7.18. The Morgan fingerprint density at radius 2 is 0.839 bits per heavy atom. The third kappa shape index (κ3) is 9.31. The molecule has 0 N–H and O–H groups in total. The van der Waals surface area contributed by atoms with Crippen LogP contribution in [0.5, 0.6) is 0 Å². The minimum absolute atomic E-state index is 0.0935. The molecule has 0 bridgehead atoms. The molecule has 56 heavy (non-hydrogen) atoms. The Morgan fingerprint density at radius 1 is 0.500 bits per heavy atom. The maximum absolute atomic E-state index is 12.2. The first-order valence-electron chi connectivity index (χ1n) is 17.5. The molecule has 4 aromatic rings. The van der Waals surface area contributed by atoms with Gasteiger partial charge in [0.05, 0.1) is 24.2 Å². The van der Waals surface area contributed by atoms with Crippen molar-refractivity contribution in [2.24, 2.45) is 0 Å². The summed E-state index contributed by atoms with van der Waals surface area (Å²) in [6.07, 6.45) is -4.55. The van der Waals surface area contributed by atoms with E-state index in [-0.39, 0.29) is 13.2 Å². The highest BCUT2D eigenvalue weighted by Gasteiger charge is 2.49. The van der Waals surface area contributed by atoms with Gasteiger partial charge in [0.15, 0.2) is 49.1 Å². The second-order valence-corrected chi connectivity index (χ2v) is 15.4. The molecule has 0 spiro atoms. The summed E-state index contributed by atoms with van der Waals surface area (Å²) in [5.41, 5.74) is 1.53. The van der Waals surface area contributed by atoms with Gasteiger partial charge in [-0.2, -0.15) is 0 Å². The van der Waals surface area contributed by atoms with E-state index in [4.69, 9.17) is 37.9 Å². The zero-order chi connectivity index (χ0) is 40.3. The fourth-order valence-electron chi connectivity index (χ4n) is 6.85. The number of esters is 6. The van der Waals surface area contributed by atoms with Gasteiger partial charge in [-0.3, -0.25) is 28.8 Å². The van der Waals surface area contributed by atoms with E-state index in [2.05, 4.69) is 0 Å². The highest BCUT2D eigenvalue weighted by molar-refractivity contribution is 8.76. The molecule has 2 aromatic heterocycles. The highest BCUT2D eigenvalue weighted by atomic mass is 33.1. The quantitative estimate of drug-likeness (QED) is 0.111. The Bertz CT molecular complexity index is 2000. The molecule has 0 radical (unpaired) electrons. The van der Waals surface area contributed by atoms with Gasteiger partial charge in [0.1, 0.15) is 0 Å². The molecule has 8 atom stereocenters. The van der Waals surface area contributed by atoms with E-state index in [1.807, 2.05) is 48.5 Å². The number of fused-ring (bicyclic) bond motifs is 2. The van der Waals surface area contributed by atoms with Crippen LogP contribution in [0.4, 0.5) is 0 Å². The number of carbonyl (C=O) groups is 6. The molecule has 18 heteroatoms. The molecule has 2 fully saturated rings. The van der Waals surface area contributed by atoms with Crippen molar-refractivity contribution >= 4 is 79.2 Å². The summed E-state index contributed by atoms with van der Waals surface area (Å²) in [6, 6.07) is 15.5. The van der Waals surface area contributed by atoms with Crippen LogP contribution in [-0.4, -0.2) is 94.8 Å². The van der Waals surface area contributed by atoms with Crippen LogP contribution >= 0.6 is 21.6 Å². The second-order valence-electron chi connectivity index (χ2n) is 13.1. The summed E-state index contributed by atoms with van der Waals surface area (Å²) < 4.78 is 48.7. The van der Waals surface area contributed by atoms with Crippen LogP contribution in [0.3, 0.4) is 0 Å². The Morgan fingerprint density at radius 3 is 1.18 bits per heavy atom. The van der Waals surface area contributed by atoms with E-state index in [1.165, 1.54) is 63.1 Å². The van der Waals surface area contributed by atoms with Gasteiger partial charge in [0.2, 0.25) is 0 Å². The van der Waals surface area contributed by atoms with Crippen molar-refractivity contribution in [1.82, 2.24) is 9.13 Å². The van der Waals surface area contributed by atoms with Gasteiger partial charge in [0.25, 0.3) is 0 Å². The number of rotatable bonds is 11. The lowest BCUT2D eigenvalue weighted by Gasteiger charge is -2.41. The van der Waals surface area contributed by atoms with Gasteiger partial charge in [-0.15, -0.1) is 0 Å². The zero-order valence-electron chi connectivity index (χ0n) is 31.2. The molecule has 16 nitrogen and oxygen atoms in total. The van der Waals surface area contributed by atoms with E-state index in [0.29, 0.717) is 0 Å². The molecule has 2 aromatic carbocycles. The lowest BCUT2D eigenvalue weighted by atomic mass is 10.0. The van der Waals surface area contributed by atoms with Crippen LogP contribution < -0.4 is 0 Å². The number of nitrogens with zero attached hydrogens (tertiary/aromatic N) is 2. The third-order valence-corrected chi connectivity index (χ3v) is 11.2. The predicted molar refractivity (Wildman–Crippen MR) is 199 cm³/mol. The van der Waals surface area contributed by atoms with Gasteiger partial charge in [0, 0.05) is 74.5 Å². The van der Waals surface area contributed by atoms with Gasteiger partial charge >= 0.3 is 35.8 Å². The summed E-state index contributed by atoms with van der Waals surface area (Å²) in [5.74, 6) is -3.70. The van der Waals surface area contributed by atoms with Gasteiger partial charge < -0.3 is 47.0 Å². The molecule has 0 aliphatic carbocycles. The Labute approximate surface area is 328 Å². The van der Waals surface area contributed by atoms with Crippen LogP contribution in [0.2, 0.25) is 0 Å². The van der Waals surface area contributed by atoms with E-state index in [9.17, 15) is 28.8 Å². The van der Waals surface area contributed by atoms with E-state index < -0.39 is 84.9 Å². The van der Waals surface area contributed by atoms with E-state index in [0.717, 1.165) is 31.6 Å². The first kappa shape index (κ1) is 40.6. The van der Waals surface area contributed by atoms with Gasteiger partial charge in [-0.1, -0.05) is 21.6 Å². The fourth-order valence-corrected chi connectivity index (χ4v) is 8.84. The zero-order valence-corrected chi connectivity index (χ0v) is 32.9. The molecule has 0 unspecified atom stereocenters. The Hall–Kier alpha value is -5.04. The maximum atomic E-state index is 12.2. The molecule has 0 saturated carbocycles. The Balaban J connectivity index is 1.19. The second kappa shape index (κ2) is 17.4. The summed E-state index contributed by atoms with van der Waals surface area (Å²) in [7, 11) is 3.08. The average Bonchev–Trinajstić information content (AvgIpc) is 3.73. The van der Waals surface area contributed by atoms with E-state index >= 15 is 0 Å². The van der Waals surface area contributed by atoms with Crippen LogP contribution in [0.1, 0.15) is 54.0 Å². The largest absolute Gasteiger partial charge is 0.456 e. The molecule has 2 aliphatic rings. The minimum atomic E-state index is -1.11. The molecule has 0 amide bonds. The van der Waals surface area contributed by atoms with Crippen molar-refractivity contribution in [3.8, 4) is 0 Å². The molecule has 2 aliphatic heterocycles. The number of benzene rings is 2. The first-order chi connectivity index (χ1) is 26.7. The van der Waals surface area contributed by atoms with Crippen molar-refractivity contribution in [2.75, 3.05) is 13.2 Å². The van der Waals surface area contributed by atoms with Crippen LogP contribution in [0, 0.1) is 0 Å². The SMILES string of the molecule is CC(=O)O[C@@H]1[C@@H](OC(C)=O)[C@H](n2ccc3cc(SSc4ccc5c(ccn5[C@@H]5OC[C@H](OC(C)=O)[C@H](OC(C)=O)[C@H]5OC(C)=O)c4)ccc32)OC[C@@H]1OC(C)=O. The van der Waals surface area contributed by atoms with Crippen LogP contribution in [-0.2, 0) is 66.7 Å². The molecule has 4 heterocycles. The predicted octanol–water partition coefficient (Wildman–Crippen LogP) is 5.04. The standard InChI is InChI=1S/C38H40N2O14S2/c1-19(41)49-31-17-47-37(35(53-23(5)45)33(31)51-21(3)43)39-13-11-25-15-27(7-9-29(25)39)55-56-28-8-10-30-26(16-28)12-14-40(30)38-36(54-24(6)46)34(52-22(4)44)32(18-48-38)50-20(2)42/h7-16,31-38H,17-18H2,1-6H3/t31-,32-,33-,34-,35+,36+,37+,38+/m0/s1. The third-order valence-electron chi connectivity index (χ3n) is 8.81. The maximum Gasteiger partial charge on any atom is 0.303 e. The monoisotopic (exact) mass is 812 g/mol. The minimum Gasteiger partial charge on any atom is -0.456 e. The first-order valence-corrected chi connectivity index (χ1v) is 19.7. The summed E-state index contributed by atoms with van der Waals surface area (Å²) >= 11 is 0. The highest BCUT2D eigenvalue weighted by Crippen LogP contribution is 2.41. The lowest BCUT2D eigenvalue weighted by Crippen LogP contribution is -2.55. The van der Waals surface area contributed by atoms with Crippen molar-refractivity contribution in [3.63, 3.8) is 0 Å². The van der Waals surface area contributed by atoms with Crippen molar-refractivity contribution < 1.29 is 66.7 Å². The van der Waals surface area contributed by atoms with Gasteiger partial charge in [-0.25, -0.2) is 0 Å². The van der Waals surface area contributed by atoms with Crippen molar-refractivity contribution in [2.45, 2.75) is 100 Å². The van der Waals surface area contributed by atoms with Crippen LogP contribution in [0.15, 0.2) is 70.7 Å². The smallest absolute Gasteiger partial charge is 0.303 e. The van der Waals surface area contributed by atoms with Gasteiger partial charge in [-0.05, 0) is 48.5 Å². The Kier molecular flexibility index (Phi) is 12.6.